The van der Waals surface area contributed by atoms with Crippen LogP contribution in [0.3, 0.4) is 0 Å². The third-order valence-electron chi connectivity index (χ3n) is 4.18. The molecule has 4 rings (SSSR count). The van der Waals surface area contributed by atoms with Gasteiger partial charge in [-0.2, -0.15) is 5.10 Å². The number of aromatic nitrogens is 3. The number of hydrogen-bond donors (Lipinski definition) is 1. The maximum absolute atomic E-state index is 12.3. The quantitative estimate of drug-likeness (QED) is 0.700. The zero-order valence-electron chi connectivity index (χ0n) is 14.8. The number of carbonyl (C=O) groups is 1. The van der Waals surface area contributed by atoms with Crippen LogP contribution >= 0.6 is 11.6 Å². The Labute approximate surface area is 160 Å². The maximum atomic E-state index is 12.3. The summed E-state index contributed by atoms with van der Waals surface area (Å²) in [5.41, 5.74) is 2.98. The average molecular weight is 385 g/mol. The molecule has 8 heteroatoms. The van der Waals surface area contributed by atoms with Crippen molar-refractivity contribution in [3.05, 3.63) is 46.8 Å². The molecule has 0 aliphatic carbocycles. The number of anilines is 1. The van der Waals surface area contributed by atoms with E-state index in [9.17, 15) is 4.79 Å². The van der Waals surface area contributed by atoms with Gasteiger partial charge in [0, 0.05) is 18.5 Å². The zero-order valence-corrected chi connectivity index (χ0v) is 15.6. The fourth-order valence-corrected chi connectivity index (χ4v) is 3.23. The summed E-state index contributed by atoms with van der Waals surface area (Å²) >= 11 is 6.21. The molecule has 27 heavy (non-hydrogen) atoms. The molecular formula is C19H17ClN4O3. The van der Waals surface area contributed by atoms with Crippen molar-refractivity contribution in [1.29, 1.82) is 0 Å². The van der Waals surface area contributed by atoms with Crippen LogP contribution in [0.5, 0.6) is 11.5 Å². The van der Waals surface area contributed by atoms with Crippen LogP contribution in [-0.2, 0) is 11.8 Å². The van der Waals surface area contributed by atoms with E-state index >= 15 is 0 Å². The molecule has 3 aromatic rings. The van der Waals surface area contributed by atoms with E-state index in [1.54, 1.807) is 29.1 Å². The highest BCUT2D eigenvalue weighted by atomic mass is 35.5. The molecule has 0 saturated heterocycles. The smallest absolute Gasteiger partial charge is 0.248 e. The molecule has 1 aromatic carbocycles. The van der Waals surface area contributed by atoms with E-state index in [1.807, 2.05) is 20.0 Å². The minimum absolute atomic E-state index is 0.274. The lowest BCUT2D eigenvalue weighted by Crippen LogP contribution is -2.15. The Hall–Kier alpha value is -3.06. The highest BCUT2D eigenvalue weighted by Gasteiger charge is 2.16. The number of rotatable bonds is 3. The number of halogens is 1. The minimum Gasteiger partial charge on any atom is -0.486 e. The lowest BCUT2D eigenvalue weighted by molar-refractivity contribution is -0.111. The number of fused-ring (bicyclic) bond motifs is 2. The second-order valence-corrected chi connectivity index (χ2v) is 6.56. The van der Waals surface area contributed by atoms with Gasteiger partial charge in [-0.25, -0.2) is 4.98 Å². The number of benzene rings is 1. The van der Waals surface area contributed by atoms with E-state index < -0.39 is 0 Å². The predicted octanol–water partition coefficient (Wildman–Crippen LogP) is 3.35. The predicted molar refractivity (Wildman–Crippen MR) is 103 cm³/mol. The molecular weight excluding hydrogens is 368 g/mol. The summed E-state index contributed by atoms with van der Waals surface area (Å²) in [6.07, 6.45) is 4.71. The number of ether oxygens (including phenoxy) is 2. The van der Waals surface area contributed by atoms with Gasteiger partial charge in [0.05, 0.1) is 22.6 Å². The fraction of sp³-hybridized carbons (Fsp3) is 0.211. The molecule has 1 amide bonds. The van der Waals surface area contributed by atoms with Crippen LogP contribution < -0.4 is 14.8 Å². The molecule has 1 aliphatic rings. The number of aryl methyl sites for hydroxylation is 2. The first-order valence-corrected chi connectivity index (χ1v) is 8.76. The van der Waals surface area contributed by atoms with Crippen LogP contribution in [0.1, 0.15) is 11.3 Å². The van der Waals surface area contributed by atoms with Crippen molar-refractivity contribution < 1.29 is 14.3 Å². The Morgan fingerprint density at radius 2 is 2.11 bits per heavy atom. The topological polar surface area (TPSA) is 78.3 Å². The summed E-state index contributed by atoms with van der Waals surface area (Å²) in [6.45, 7) is 2.85. The van der Waals surface area contributed by atoms with E-state index in [2.05, 4.69) is 15.4 Å². The van der Waals surface area contributed by atoms with Gasteiger partial charge >= 0.3 is 0 Å². The Morgan fingerprint density at radius 1 is 1.30 bits per heavy atom. The van der Waals surface area contributed by atoms with E-state index in [0.29, 0.717) is 35.4 Å². The SMILES string of the molecule is Cc1nn(C)c2ncc(NC(=O)C=Cc3cc(Cl)c4c(c3)OCCO4)cc12. The number of amides is 1. The normalized spacial score (nSPS) is 13.3. The van der Waals surface area contributed by atoms with Crippen molar-refractivity contribution in [2.75, 3.05) is 18.5 Å². The summed E-state index contributed by atoms with van der Waals surface area (Å²) in [5, 5.41) is 8.48. The van der Waals surface area contributed by atoms with Gasteiger partial charge in [-0.3, -0.25) is 9.48 Å². The van der Waals surface area contributed by atoms with Crippen molar-refractivity contribution in [1.82, 2.24) is 14.8 Å². The van der Waals surface area contributed by atoms with Crippen molar-refractivity contribution in [3.8, 4) is 11.5 Å². The zero-order chi connectivity index (χ0) is 19.0. The van der Waals surface area contributed by atoms with Crippen LogP contribution in [0.4, 0.5) is 5.69 Å². The molecule has 0 fully saturated rings. The van der Waals surface area contributed by atoms with Crippen molar-refractivity contribution in [2.24, 2.45) is 7.05 Å². The summed E-state index contributed by atoms with van der Waals surface area (Å²) in [5.74, 6) is 0.843. The number of nitrogens with zero attached hydrogens (tertiary/aromatic N) is 3. The Kier molecular flexibility index (Phi) is 4.45. The standard InChI is InChI=1S/C19H17ClN4O3/c1-11-14-9-13(10-21-19(14)24(2)23-11)22-17(25)4-3-12-7-15(20)18-16(8-12)26-5-6-27-18/h3-4,7-10H,5-6H2,1-2H3,(H,22,25). The minimum atomic E-state index is -0.274. The van der Waals surface area contributed by atoms with E-state index in [-0.39, 0.29) is 5.91 Å². The Bertz CT molecular complexity index is 1070. The molecule has 1 N–H and O–H groups in total. The molecule has 0 radical (unpaired) electrons. The van der Waals surface area contributed by atoms with Crippen LogP contribution in [0.25, 0.3) is 17.1 Å². The first-order valence-electron chi connectivity index (χ1n) is 8.39. The molecule has 7 nitrogen and oxygen atoms in total. The van der Waals surface area contributed by atoms with Crippen molar-refractivity contribution in [2.45, 2.75) is 6.92 Å². The van der Waals surface area contributed by atoms with Crippen molar-refractivity contribution >= 4 is 40.3 Å². The molecule has 1 aliphatic heterocycles. The first kappa shape index (κ1) is 17.4. The lowest BCUT2D eigenvalue weighted by Gasteiger charge is -2.19. The van der Waals surface area contributed by atoms with E-state index in [4.69, 9.17) is 21.1 Å². The highest BCUT2D eigenvalue weighted by Crippen LogP contribution is 2.38. The van der Waals surface area contributed by atoms with Gasteiger partial charge in [-0.05, 0) is 36.8 Å². The summed E-state index contributed by atoms with van der Waals surface area (Å²) in [7, 11) is 1.84. The summed E-state index contributed by atoms with van der Waals surface area (Å²) in [6, 6.07) is 5.37. The second kappa shape index (κ2) is 6.92. The molecule has 3 heterocycles. The summed E-state index contributed by atoms with van der Waals surface area (Å²) < 4.78 is 12.7. The summed E-state index contributed by atoms with van der Waals surface area (Å²) in [4.78, 5) is 16.6. The number of carbonyl (C=O) groups excluding carboxylic acids is 1. The van der Waals surface area contributed by atoms with Gasteiger partial charge < -0.3 is 14.8 Å². The largest absolute Gasteiger partial charge is 0.486 e. The second-order valence-electron chi connectivity index (χ2n) is 6.15. The van der Waals surface area contributed by atoms with Gasteiger partial charge in [-0.1, -0.05) is 11.6 Å². The van der Waals surface area contributed by atoms with Crippen molar-refractivity contribution in [3.63, 3.8) is 0 Å². The Morgan fingerprint density at radius 3 is 2.96 bits per heavy atom. The first-order chi connectivity index (χ1) is 13.0. The molecule has 138 valence electrons. The van der Waals surface area contributed by atoms with E-state index in [1.165, 1.54) is 6.08 Å². The van der Waals surface area contributed by atoms with Crippen LogP contribution in [-0.4, -0.2) is 33.9 Å². The van der Waals surface area contributed by atoms with Gasteiger partial charge in [0.15, 0.2) is 17.1 Å². The highest BCUT2D eigenvalue weighted by molar-refractivity contribution is 6.32. The third-order valence-corrected chi connectivity index (χ3v) is 4.46. The molecule has 0 saturated carbocycles. The average Bonchev–Trinajstić information content (AvgIpc) is 2.94. The Balaban J connectivity index is 1.51. The van der Waals surface area contributed by atoms with Gasteiger partial charge in [0.2, 0.25) is 5.91 Å². The molecule has 0 unspecified atom stereocenters. The number of nitrogens with one attached hydrogen (secondary N) is 1. The lowest BCUT2D eigenvalue weighted by atomic mass is 10.1. The van der Waals surface area contributed by atoms with Crippen LogP contribution in [0, 0.1) is 6.92 Å². The molecule has 2 aromatic heterocycles. The van der Waals surface area contributed by atoms with Gasteiger partial charge in [-0.15, -0.1) is 0 Å². The van der Waals surface area contributed by atoms with Gasteiger partial charge in [0.25, 0.3) is 0 Å². The molecule has 0 spiro atoms. The van der Waals surface area contributed by atoms with Crippen LogP contribution in [0.2, 0.25) is 5.02 Å². The third kappa shape index (κ3) is 3.46. The van der Waals surface area contributed by atoms with Crippen LogP contribution in [0.15, 0.2) is 30.5 Å². The number of hydrogen-bond acceptors (Lipinski definition) is 5. The number of pyridine rings is 1. The molecule has 0 bridgehead atoms. The monoisotopic (exact) mass is 384 g/mol. The van der Waals surface area contributed by atoms with Gasteiger partial charge in [0.1, 0.15) is 13.2 Å². The maximum Gasteiger partial charge on any atom is 0.248 e. The molecule has 0 atom stereocenters. The fourth-order valence-electron chi connectivity index (χ4n) is 2.96. The van der Waals surface area contributed by atoms with E-state index in [0.717, 1.165) is 22.3 Å².